The molecule has 25 heavy (non-hydrogen) atoms. The van der Waals surface area contributed by atoms with Crippen molar-refractivity contribution in [3.05, 3.63) is 56.6 Å². The Morgan fingerprint density at radius 3 is 3.04 bits per heavy atom. The van der Waals surface area contributed by atoms with Crippen molar-refractivity contribution in [2.75, 3.05) is 13.1 Å². The third-order valence-corrected chi connectivity index (χ3v) is 6.19. The summed E-state index contributed by atoms with van der Waals surface area (Å²) < 4.78 is 1.74. The number of pyridine rings is 1. The highest BCUT2D eigenvalue weighted by Crippen LogP contribution is 2.38. The van der Waals surface area contributed by atoms with Crippen LogP contribution in [0.1, 0.15) is 35.9 Å². The molecule has 4 rings (SSSR count). The molecule has 0 aromatic carbocycles. The van der Waals surface area contributed by atoms with Gasteiger partial charge in [0.05, 0.1) is 0 Å². The van der Waals surface area contributed by atoms with Gasteiger partial charge in [-0.05, 0) is 30.9 Å². The summed E-state index contributed by atoms with van der Waals surface area (Å²) in [5, 5.41) is 8.62. The lowest BCUT2D eigenvalue weighted by Gasteiger charge is -2.42. The predicted octanol–water partition coefficient (Wildman–Crippen LogP) is 1.90. The molecule has 4 heterocycles. The van der Waals surface area contributed by atoms with Crippen LogP contribution >= 0.6 is 11.3 Å². The molecule has 2 aromatic heterocycles. The van der Waals surface area contributed by atoms with Gasteiger partial charge in [0.15, 0.2) is 0 Å². The summed E-state index contributed by atoms with van der Waals surface area (Å²) in [6.07, 6.45) is 1.78. The lowest BCUT2D eigenvalue weighted by atomic mass is 9.79. The fraction of sp³-hybridized carbons (Fsp3) is 0.474. The van der Waals surface area contributed by atoms with E-state index < -0.39 is 6.04 Å². The molecule has 0 saturated carbocycles. The van der Waals surface area contributed by atoms with Crippen LogP contribution in [0, 0.1) is 5.92 Å². The lowest BCUT2D eigenvalue weighted by Crippen LogP contribution is -2.53. The molecule has 2 aliphatic heterocycles. The first-order valence-electron chi connectivity index (χ1n) is 8.88. The zero-order valence-corrected chi connectivity index (χ0v) is 15.1. The van der Waals surface area contributed by atoms with Crippen molar-refractivity contribution < 1.29 is 4.79 Å². The Kier molecular flexibility index (Phi) is 4.48. The molecule has 2 aliphatic rings. The number of nitrogens with one attached hydrogen (secondary N) is 2. The van der Waals surface area contributed by atoms with Crippen LogP contribution in [0.4, 0.5) is 0 Å². The summed E-state index contributed by atoms with van der Waals surface area (Å²) >= 11 is 1.70. The highest BCUT2D eigenvalue weighted by atomic mass is 32.1. The van der Waals surface area contributed by atoms with Gasteiger partial charge in [-0.15, -0.1) is 11.3 Å². The predicted molar refractivity (Wildman–Crippen MR) is 99.1 cm³/mol. The maximum atomic E-state index is 13.1. The maximum Gasteiger partial charge on any atom is 0.251 e. The van der Waals surface area contributed by atoms with Gasteiger partial charge in [-0.2, -0.15) is 0 Å². The van der Waals surface area contributed by atoms with Crippen molar-refractivity contribution in [3.63, 3.8) is 0 Å². The van der Waals surface area contributed by atoms with Crippen LogP contribution in [0.5, 0.6) is 0 Å². The molecule has 0 spiro atoms. The van der Waals surface area contributed by atoms with Gasteiger partial charge in [-0.3, -0.25) is 14.2 Å². The van der Waals surface area contributed by atoms with E-state index in [1.165, 1.54) is 4.88 Å². The number of piperidine rings is 1. The number of carbonyl (C=O) groups excluding carboxylic acids is 1. The Balaban J connectivity index is 1.59. The van der Waals surface area contributed by atoms with Crippen LogP contribution in [0.15, 0.2) is 40.5 Å². The number of nitrogens with zero attached hydrogens (tertiary/aromatic N) is 1. The minimum atomic E-state index is -0.418. The average Bonchev–Trinajstić information content (AvgIpc) is 3.09. The van der Waals surface area contributed by atoms with E-state index in [1.54, 1.807) is 28.0 Å². The van der Waals surface area contributed by atoms with Crippen LogP contribution in [0.2, 0.25) is 0 Å². The third kappa shape index (κ3) is 3.16. The monoisotopic (exact) mass is 357 g/mol. The first-order chi connectivity index (χ1) is 12.1. The Bertz CT molecular complexity index is 814. The first-order valence-corrected chi connectivity index (χ1v) is 9.76. The van der Waals surface area contributed by atoms with E-state index in [-0.39, 0.29) is 23.4 Å². The number of hydrogen-bond acceptors (Lipinski definition) is 4. The van der Waals surface area contributed by atoms with Crippen LogP contribution < -0.4 is 16.2 Å². The molecule has 2 N–H and O–H groups in total. The van der Waals surface area contributed by atoms with Gasteiger partial charge >= 0.3 is 0 Å². The third-order valence-electron chi connectivity index (χ3n) is 5.29. The fourth-order valence-corrected chi connectivity index (χ4v) is 5.08. The first kappa shape index (κ1) is 16.5. The molecule has 0 unspecified atom stereocenters. The van der Waals surface area contributed by atoms with Crippen molar-refractivity contribution >= 4 is 17.2 Å². The standard InChI is InChI=1S/C19H23N3O2S/c1-12(8-15-4-3-7-25-15)21-19(24)18-14-9-13(10-20-11-14)16-5-2-6-17(23)22(16)18/h2-7,12-14,18,20H,8-11H2,1H3,(H,21,24)/t12-,13-,14+,18-/m1/s1. The van der Waals surface area contributed by atoms with Gasteiger partial charge in [0.1, 0.15) is 6.04 Å². The van der Waals surface area contributed by atoms with Gasteiger partial charge in [0.25, 0.3) is 5.56 Å². The molecule has 2 bridgehead atoms. The lowest BCUT2D eigenvalue weighted by molar-refractivity contribution is -0.127. The molecule has 6 heteroatoms. The summed E-state index contributed by atoms with van der Waals surface area (Å²) in [6.45, 7) is 3.69. The van der Waals surface area contributed by atoms with E-state index in [0.717, 1.165) is 31.6 Å². The van der Waals surface area contributed by atoms with Gasteiger partial charge in [-0.1, -0.05) is 12.1 Å². The van der Waals surface area contributed by atoms with E-state index >= 15 is 0 Å². The van der Waals surface area contributed by atoms with E-state index in [4.69, 9.17) is 0 Å². The molecule has 2 aromatic rings. The number of fused-ring (bicyclic) bond motifs is 4. The van der Waals surface area contributed by atoms with Crippen LogP contribution in [-0.4, -0.2) is 29.6 Å². The number of hydrogen-bond donors (Lipinski definition) is 2. The molecule has 1 fully saturated rings. The SMILES string of the molecule is C[C@H](Cc1cccs1)NC(=O)[C@H]1[C@@H]2CNC[C@@H](C2)c2cccc(=O)n21. The topological polar surface area (TPSA) is 63.1 Å². The Morgan fingerprint density at radius 2 is 2.24 bits per heavy atom. The van der Waals surface area contributed by atoms with Crippen molar-refractivity contribution in [3.8, 4) is 0 Å². The molecule has 1 amide bonds. The summed E-state index contributed by atoms with van der Waals surface area (Å²) in [4.78, 5) is 26.8. The Morgan fingerprint density at radius 1 is 1.36 bits per heavy atom. The Labute approximate surface area is 151 Å². The van der Waals surface area contributed by atoms with Gasteiger partial charge in [0.2, 0.25) is 5.91 Å². The molecule has 0 aliphatic carbocycles. The largest absolute Gasteiger partial charge is 0.351 e. The summed E-state index contributed by atoms with van der Waals surface area (Å²) in [5.74, 6) is 0.450. The molecule has 4 atom stereocenters. The van der Waals surface area contributed by atoms with E-state index in [0.29, 0.717) is 5.92 Å². The highest BCUT2D eigenvalue weighted by molar-refractivity contribution is 7.09. The fourth-order valence-electron chi connectivity index (χ4n) is 4.24. The molecule has 0 radical (unpaired) electrons. The summed E-state index contributed by atoms with van der Waals surface area (Å²) in [5.41, 5.74) is 0.919. The second kappa shape index (κ2) is 6.77. The van der Waals surface area contributed by atoms with Gasteiger partial charge in [-0.25, -0.2) is 0 Å². The van der Waals surface area contributed by atoms with Crippen LogP contribution in [0.25, 0.3) is 0 Å². The van der Waals surface area contributed by atoms with Crippen molar-refractivity contribution in [2.45, 2.75) is 37.8 Å². The zero-order valence-electron chi connectivity index (χ0n) is 14.3. The Hall–Kier alpha value is -1.92. The normalized spacial score (nSPS) is 25.9. The molecule has 1 saturated heterocycles. The molecule has 5 nitrogen and oxygen atoms in total. The van der Waals surface area contributed by atoms with E-state index in [1.807, 2.05) is 19.1 Å². The number of carbonyl (C=O) groups is 1. The molecular weight excluding hydrogens is 334 g/mol. The van der Waals surface area contributed by atoms with Crippen molar-refractivity contribution in [2.24, 2.45) is 5.92 Å². The minimum Gasteiger partial charge on any atom is -0.351 e. The number of rotatable bonds is 4. The smallest absolute Gasteiger partial charge is 0.251 e. The van der Waals surface area contributed by atoms with Gasteiger partial charge in [0, 0.05) is 54.0 Å². The molecular formula is C19H23N3O2S. The van der Waals surface area contributed by atoms with Crippen molar-refractivity contribution in [1.29, 1.82) is 0 Å². The molecule has 132 valence electrons. The highest BCUT2D eigenvalue weighted by Gasteiger charge is 2.41. The van der Waals surface area contributed by atoms with Crippen LogP contribution in [0.3, 0.4) is 0 Å². The number of amides is 1. The number of aromatic nitrogens is 1. The number of thiophene rings is 1. The maximum absolute atomic E-state index is 13.1. The zero-order chi connectivity index (χ0) is 17.4. The minimum absolute atomic E-state index is 0.0363. The second-order valence-electron chi connectivity index (χ2n) is 7.15. The van der Waals surface area contributed by atoms with E-state index in [9.17, 15) is 9.59 Å². The van der Waals surface area contributed by atoms with Gasteiger partial charge < -0.3 is 10.6 Å². The average molecular weight is 357 g/mol. The second-order valence-corrected chi connectivity index (χ2v) is 8.18. The summed E-state index contributed by atoms with van der Waals surface area (Å²) in [7, 11) is 0. The quantitative estimate of drug-likeness (QED) is 0.879. The summed E-state index contributed by atoms with van der Waals surface area (Å²) in [6, 6.07) is 9.10. The van der Waals surface area contributed by atoms with Crippen LogP contribution in [-0.2, 0) is 11.2 Å². The van der Waals surface area contributed by atoms with E-state index in [2.05, 4.69) is 22.1 Å². The van der Waals surface area contributed by atoms with Crippen molar-refractivity contribution in [1.82, 2.24) is 15.2 Å².